The normalized spacial score (nSPS) is 24.7. The molecule has 0 bridgehead atoms. The van der Waals surface area contributed by atoms with Gasteiger partial charge in [0.2, 0.25) is 0 Å². The summed E-state index contributed by atoms with van der Waals surface area (Å²) in [7, 11) is 0. The molecule has 0 aromatic carbocycles. The number of nitrogens with zero attached hydrogens (tertiary/aromatic N) is 1. The second-order valence-electron chi connectivity index (χ2n) is 3.22. The van der Waals surface area contributed by atoms with Crippen molar-refractivity contribution >= 4 is 33.2 Å². The van der Waals surface area contributed by atoms with Crippen LogP contribution >= 0.6 is 27.3 Å². The number of hydrogen-bond donors (Lipinski definition) is 0. The zero-order valence-electron chi connectivity index (χ0n) is 7.70. The van der Waals surface area contributed by atoms with Crippen molar-refractivity contribution < 1.29 is 9.53 Å². The fourth-order valence-corrected chi connectivity index (χ4v) is 2.94. The highest BCUT2D eigenvalue weighted by atomic mass is 79.9. The van der Waals surface area contributed by atoms with Crippen LogP contribution in [0.25, 0.3) is 0 Å². The van der Waals surface area contributed by atoms with Crippen molar-refractivity contribution in [2.24, 2.45) is 5.92 Å². The van der Waals surface area contributed by atoms with E-state index in [2.05, 4.69) is 20.9 Å². The summed E-state index contributed by atoms with van der Waals surface area (Å²) in [5, 5.41) is 0. The number of aromatic nitrogens is 1. The number of rotatable bonds is 3. The lowest BCUT2D eigenvalue weighted by Crippen LogP contribution is -2.06. The van der Waals surface area contributed by atoms with Crippen LogP contribution in [0.3, 0.4) is 0 Å². The molecule has 2 atom stereocenters. The highest BCUT2D eigenvalue weighted by Crippen LogP contribution is 2.50. The van der Waals surface area contributed by atoms with E-state index in [1.807, 2.05) is 13.1 Å². The van der Waals surface area contributed by atoms with Gasteiger partial charge in [0.05, 0.1) is 12.5 Å². The predicted octanol–water partition coefficient (Wildman–Crippen LogP) is 2.57. The van der Waals surface area contributed by atoms with Crippen LogP contribution in [0.2, 0.25) is 0 Å². The van der Waals surface area contributed by atoms with Crippen LogP contribution in [0, 0.1) is 5.92 Å². The third-order valence-corrected chi connectivity index (χ3v) is 3.85. The Bertz CT molecular complexity index is 352. The van der Waals surface area contributed by atoms with E-state index in [0.717, 1.165) is 10.3 Å². The van der Waals surface area contributed by atoms with Gasteiger partial charge in [-0.1, -0.05) is 0 Å². The van der Waals surface area contributed by atoms with Crippen LogP contribution in [0.5, 0.6) is 0 Å². The Morgan fingerprint density at radius 1 is 1.86 bits per heavy atom. The number of carbonyl (C=O) groups is 1. The summed E-state index contributed by atoms with van der Waals surface area (Å²) in [6.45, 7) is 2.30. The van der Waals surface area contributed by atoms with Crippen LogP contribution in [-0.4, -0.2) is 17.6 Å². The minimum atomic E-state index is -0.0676. The van der Waals surface area contributed by atoms with Crippen molar-refractivity contribution in [3.05, 3.63) is 15.0 Å². The molecular weight excluding hydrogens is 266 g/mol. The van der Waals surface area contributed by atoms with E-state index < -0.39 is 0 Å². The third kappa shape index (κ3) is 1.98. The molecule has 1 fully saturated rings. The summed E-state index contributed by atoms with van der Waals surface area (Å²) in [5.41, 5.74) is 0. The lowest BCUT2D eigenvalue weighted by molar-refractivity contribution is -0.144. The number of hydrogen-bond acceptors (Lipinski definition) is 4. The Kier molecular flexibility index (Phi) is 2.88. The quantitative estimate of drug-likeness (QED) is 0.796. The molecule has 76 valence electrons. The van der Waals surface area contributed by atoms with Gasteiger partial charge in [-0.2, -0.15) is 0 Å². The maximum Gasteiger partial charge on any atom is 0.309 e. The summed E-state index contributed by atoms with van der Waals surface area (Å²) in [6, 6.07) is 0. The van der Waals surface area contributed by atoms with Crippen molar-refractivity contribution in [3.8, 4) is 0 Å². The van der Waals surface area contributed by atoms with E-state index in [-0.39, 0.29) is 11.9 Å². The summed E-state index contributed by atoms with van der Waals surface area (Å²) >= 11 is 4.90. The molecule has 1 aromatic rings. The average molecular weight is 276 g/mol. The van der Waals surface area contributed by atoms with E-state index in [1.165, 1.54) is 4.88 Å². The first-order valence-corrected chi connectivity index (χ1v) is 6.11. The van der Waals surface area contributed by atoms with Crippen molar-refractivity contribution in [2.45, 2.75) is 19.3 Å². The fraction of sp³-hybridized carbons (Fsp3) is 0.556. The average Bonchev–Trinajstić information content (AvgIpc) is 2.84. The van der Waals surface area contributed by atoms with E-state index in [1.54, 1.807) is 11.3 Å². The van der Waals surface area contributed by atoms with Crippen LogP contribution in [-0.2, 0) is 9.53 Å². The van der Waals surface area contributed by atoms with E-state index in [9.17, 15) is 4.79 Å². The second kappa shape index (κ2) is 3.98. The molecule has 1 aliphatic rings. The van der Waals surface area contributed by atoms with Crippen LogP contribution in [0.1, 0.15) is 24.1 Å². The molecule has 3 nitrogen and oxygen atoms in total. The largest absolute Gasteiger partial charge is 0.466 e. The van der Waals surface area contributed by atoms with Gasteiger partial charge in [0.15, 0.2) is 3.92 Å². The van der Waals surface area contributed by atoms with Gasteiger partial charge in [-0.15, -0.1) is 11.3 Å². The van der Waals surface area contributed by atoms with Gasteiger partial charge >= 0.3 is 5.97 Å². The molecule has 14 heavy (non-hydrogen) atoms. The highest BCUT2D eigenvalue weighted by Gasteiger charge is 2.46. The Balaban J connectivity index is 1.96. The standard InChI is InChI=1S/C9H10BrNO2S/c1-2-13-8(12)6-3-5(6)7-4-11-9(10)14-7/h4-6H,2-3H2,1H3. The highest BCUT2D eigenvalue weighted by molar-refractivity contribution is 9.11. The van der Waals surface area contributed by atoms with E-state index in [0.29, 0.717) is 12.5 Å². The molecule has 1 saturated carbocycles. The zero-order chi connectivity index (χ0) is 10.1. The summed E-state index contributed by atoms with van der Waals surface area (Å²) in [5.74, 6) is 0.349. The SMILES string of the molecule is CCOC(=O)C1CC1c1cnc(Br)s1. The molecular formula is C9H10BrNO2S. The molecule has 2 rings (SSSR count). The summed E-state index contributed by atoms with van der Waals surface area (Å²) < 4.78 is 5.83. The summed E-state index contributed by atoms with van der Waals surface area (Å²) in [4.78, 5) is 16.6. The first kappa shape index (κ1) is 10.1. The Morgan fingerprint density at radius 2 is 2.64 bits per heavy atom. The van der Waals surface area contributed by atoms with Crippen molar-refractivity contribution in [1.29, 1.82) is 0 Å². The fourth-order valence-electron chi connectivity index (χ4n) is 1.45. The molecule has 1 aromatic heterocycles. The van der Waals surface area contributed by atoms with Gasteiger partial charge in [0.25, 0.3) is 0 Å². The molecule has 0 amide bonds. The molecule has 0 N–H and O–H groups in total. The predicted molar refractivity (Wildman–Crippen MR) is 57.3 cm³/mol. The van der Waals surface area contributed by atoms with Crippen molar-refractivity contribution in [3.63, 3.8) is 0 Å². The number of ether oxygens (including phenoxy) is 1. The molecule has 0 saturated heterocycles. The van der Waals surface area contributed by atoms with Gasteiger partial charge in [0, 0.05) is 17.0 Å². The topological polar surface area (TPSA) is 39.2 Å². The number of esters is 1. The third-order valence-electron chi connectivity index (χ3n) is 2.24. The van der Waals surface area contributed by atoms with Gasteiger partial charge in [-0.25, -0.2) is 4.98 Å². The Hall–Kier alpha value is -0.420. The van der Waals surface area contributed by atoms with Crippen LogP contribution < -0.4 is 0 Å². The van der Waals surface area contributed by atoms with Crippen LogP contribution in [0.15, 0.2) is 10.1 Å². The van der Waals surface area contributed by atoms with Gasteiger partial charge in [-0.05, 0) is 29.3 Å². The van der Waals surface area contributed by atoms with Gasteiger partial charge in [0.1, 0.15) is 0 Å². The van der Waals surface area contributed by atoms with Crippen molar-refractivity contribution in [1.82, 2.24) is 4.98 Å². The zero-order valence-corrected chi connectivity index (χ0v) is 10.1. The summed E-state index contributed by atoms with van der Waals surface area (Å²) in [6.07, 6.45) is 2.74. The lowest BCUT2D eigenvalue weighted by atomic mass is 10.3. The smallest absolute Gasteiger partial charge is 0.309 e. The number of carbonyl (C=O) groups excluding carboxylic acids is 1. The molecule has 1 aliphatic carbocycles. The molecule has 2 unspecified atom stereocenters. The molecule has 0 aliphatic heterocycles. The minimum Gasteiger partial charge on any atom is -0.466 e. The van der Waals surface area contributed by atoms with Crippen LogP contribution in [0.4, 0.5) is 0 Å². The first-order chi connectivity index (χ1) is 6.72. The van der Waals surface area contributed by atoms with E-state index >= 15 is 0 Å². The maximum absolute atomic E-state index is 11.3. The monoisotopic (exact) mass is 275 g/mol. The molecule has 0 radical (unpaired) electrons. The minimum absolute atomic E-state index is 0.0676. The maximum atomic E-state index is 11.3. The molecule has 1 heterocycles. The van der Waals surface area contributed by atoms with Crippen molar-refractivity contribution in [2.75, 3.05) is 6.61 Å². The molecule has 5 heteroatoms. The number of thiazole rings is 1. The number of halogens is 1. The molecule has 0 spiro atoms. The van der Waals surface area contributed by atoms with Gasteiger partial charge < -0.3 is 4.74 Å². The second-order valence-corrected chi connectivity index (χ2v) is 5.55. The lowest BCUT2D eigenvalue weighted by Gasteiger charge is -1.98. The van der Waals surface area contributed by atoms with Gasteiger partial charge in [-0.3, -0.25) is 4.79 Å². The first-order valence-electron chi connectivity index (χ1n) is 4.50. The Labute approximate surface area is 94.6 Å². The van der Waals surface area contributed by atoms with E-state index in [4.69, 9.17) is 4.74 Å². The Morgan fingerprint density at radius 3 is 3.21 bits per heavy atom.